The van der Waals surface area contributed by atoms with Crippen LogP contribution in [0.4, 0.5) is 0 Å². The number of benzene rings is 1. The predicted octanol–water partition coefficient (Wildman–Crippen LogP) is 1.34. The molecule has 0 radical (unpaired) electrons. The van der Waals surface area contributed by atoms with Crippen molar-refractivity contribution in [1.82, 2.24) is 0 Å². The van der Waals surface area contributed by atoms with Gasteiger partial charge in [0.1, 0.15) is 0 Å². The number of hydrogen-bond acceptors (Lipinski definition) is 0. The third-order valence-electron chi connectivity index (χ3n) is 2.26. The Balaban J connectivity index is 0. The van der Waals surface area contributed by atoms with Gasteiger partial charge in [0.15, 0.2) is 0 Å². The van der Waals surface area contributed by atoms with Crippen LogP contribution in [0.3, 0.4) is 0 Å². The Labute approximate surface area is 85.0 Å². The summed E-state index contributed by atoms with van der Waals surface area (Å²) < 4.78 is 0. The molecule has 2 rings (SSSR count). The third-order valence-corrected chi connectivity index (χ3v) is 2.26. The minimum Gasteiger partial charge on any atom is -0.412 e. The number of halogens is 1. The lowest BCUT2D eigenvalue weighted by Crippen LogP contribution is -2.00. The highest BCUT2D eigenvalue weighted by molar-refractivity contribution is 5.85. The molecule has 1 aromatic carbocycles. The van der Waals surface area contributed by atoms with Gasteiger partial charge in [-0.25, -0.2) is 0 Å². The average Bonchev–Trinajstić information content (AvgIpc) is 2.05. The largest absolute Gasteiger partial charge is 0.412 e. The maximum atomic E-state index is 2.26. The van der Waals surface area contributed by atoms with Crippen LogP contribution in [0, 0.1) is 0 Å². The van der Waals surface area contributed by atoms with Crippen molar-refractivity contribution in [2.24, 2.45) is 0 Å². The van der Waals surface area contributed by atoms with Gasteiger partial charge in [0.05, 0.1) is 0 Å². The Hall–Kier alpha value is -0.570. The van der Waals surface area contributed by atoms with E-state index in [9.17, 15) is 0 Å². The lowest BCUT2D eigenvalue weighted by atomic mass is 9.92. The van der Waals surface area contributed by atoms with Gasteiger partial charge in [0, 0.05) is 0 Å². The predicted molar refractivity (Wildman–Crippen MR) is 57.6 cm³/mol. The maximum absolute atomic E-state index is 2.26. The second kappa shape index (κ2) is 6.89. The van der Waals surface area contributed by atoms with Crippen molar-refractivity contribution in [3.63, 3.8) is 0 Å². The molecule has 4 N–H and O–H groups in total. The first-order valence-electron chi connectivity index (χ1n) is 4.03. The molecule has 0 aliphatic heterocycles. The molecular weight excluding hydrogens is 188 g/mol. The van der Waals surface area contributed by atoms with Gasteiger partial charge >= 0.3 is 0 Å². The van der Waals surface area contributed by atoms with Crippen molar-refractivity contribution >= 4 is 12.4 Å². The first-order valence-corrected chi connectivity index (χ1v) is 4.03. The van der Waals surface area contributed by atoms with E-state index in [1.165, 1.54) is 25.7 Å². The fraction of sp³-hybridized carbons (Fsp3) is 0.400. The molecule has 0 saturated carbocycles. The standard InChI is InChI=1S/C10H12.ClH.2H2O/c1-2-6-10-8-4-3-7-9(10)5-1;;;/h1-2,5-6H,3-4,7-8H2;1H;2*1H2. The molecule has 0 spiro atoms. The fourth-order valence-electron chi connectivity index (χ4n) is 1.68. The molecule has 2 nitrogen and oxygen atoms in total. The topological polar surface area (TPSA) is 63.0 Å². The van der Waals surface area contributed by atoms with Crippen molar-refractivity contribution in [2.45, 2.75) is 25.7 Å². The lowest BCUT2D eigenvalue weighted by Gasteiger charge is -2.13. The average molecular weight is 205 g/mol. The van der Waals surface area contributed by atoms with E-state index in [0.29, 0.717) is 0 Å². The smallest absolute Gasteiger partial charge is 0.0276 e. The van der Waals surface area contributed by atoms with E-state index >= 15 is 0 Å². The van der Waals surface area contributed by atoms with Crippen LogP contribution < -0.4 is 0 Å². The molecule has 0 fully saturated rings. The van der Waals surface area contributed by atoms with Gasteiger partial charge in [0.2, 0.25) is 0 Å². The number of rotatable bonds is 0. The van der Waals surface area contributed by atoms with Gasteiger partial charge in [-0.2, -0.15) is 0 Å². The lowest BCUT2D eigenvalue weighted by molar-refractivity contribution is 0.685. The van der Waals surface area contributed by atoms with E-state index < -0.39 is 0 Å². The first-order chi connectivity index (χ1) is 4.97. The van der Waals surface area contributed by atoms with Crippen LogP contribution in [-0.4, -0.2) is 11.0 Å². The van der Waals surface area contributed by atoms with Gasteiger partial charge in [-0.15, -0.1) is 12.4 Å². The molecule has 1 aliphatic rings. The van der Waals surface area contributed by atoms with E-state index in [4.69, 9.17) is 0 Å². The van der Waals surface area contributed by atoms with Gasteiger partial charge in [-0.1, -0.05) is 24.3 Å². The SMILES string of the molecule is Cl.O.O.c1ccc2c(c1)CCCC2. The summed E-state index contributed by atoms with van der Waals surface area (Å²) in [6.45, 7) is 0. The summed E-state index contributed by atoms with van der Waals surface area (Å²) in [6, 6.07) is 8.80. The highest BCUT2D eigenvalue weighted by Gasteiger charge is 2.05. The highest BCUT2D eigenvalue weighted by atomic mass is 35.5. The summed E-state index contributed by atoms with van der Waals surface area (Å²) in [5, 5.41) is 0. The van der Waals surface area contributed by atoms with Crippen molar-refractivity contribution in [3.05, 3.63) is 35.4 Å². The zero-order valence-electron chi connectivity index (χ0n) is 7.55. The molecule has 13 heavy (non-hydrogen) atoms. The summed E-state index contributed by atoms with van der Waals surface area (Å²) in [4.78, 5) is 0. The second-order valence-corrected chi connectivity index (χ2v) is 2.98. The molecule has 0 aromatic heterocycles. The van der Waals surface area contributed by atoms with Crippen molar-refractivity contribution in [1.29, 1.82) is 0 Å². The Kier molecular flexibility index (Phi) is 7.92. The van der Waals surface area contributed by atoms with E-state index in [0.717, 1.165) is 0 Å². The maximum Gasteiger partial charge on any atom is -0.0276 e. The highest BCUT2D eigenvalue weighted by Crippen LogP contribution is 2.19. The van der Waals surface area contributed by atoms with Crippen LogP contribution >= 0.6 is 12.4 Å². The quantitative estimate of drug-likeness (QED) is 0.612. The van der Waals surface area contributed by atoms with Crippen LogP contribution in [-0.2, 0) is 12.8 Å². The van der Waals surface area contributed by atoms with Crippen LogP contribution in [0.15, 0.2) is 24.3 Å². The number of fused-ring (bicyclic) bond motifs is 1. The van der Waals surface area contributed by atoms with Crippen LogP contribution in [0.1, 0.15) is 24.0 Å². The van der Waals surface area contributed by atoms with Gasteiger partial charge in [-0.05, 0) is 36.8 Å². The van der Waals surface area contributed by atoms with E-state index in [1.807, 2.05) is 0 Å². The van der Waals surface area contributed by atoms with Crippen molar-refractivity contribution in [2.75, 3.05) is 0 Å². The van der Waals surface area contributed by atoms with E-state index in [-0.39, 0.29) is 23.4 Å². The minimum absolute atomic E-state index is 0. The Bertz CT molecular complexity index is 213. The molecule has 76 valence electrons. The molecular formula is C10H17ClO2. The summed E-state index contributed by atoms with van der Waals surface area (Å²) in [5.74, 6) is 0. The summed E-state index contributed by atoms with van der Waals surface area (Å²) >= 11 is 0. The molecule has 3 heteroatoms. The normalized spacial score (nSPS) is 12.6. The molecule has 1 aromatic rings. The van der Waals surface area contributed by atoms with Crippen LogP contribution in [0.5, 0.6) is 0 Å². The van der Waals surface area contributed by atoms with Gasteiger partial charge < -0.3 is 11.0 Å². The third kappa shape index (κ3) is 3.35. The molecule has 0 heterocycles. The number of aryl methyl sites for hydroxylation is 2. The molecule has 0 atom stereocenters. The number of hydrogen-bond donors (Lipinski definition) is 0. The molecule has 0 amide bonds. The van der Waals surface area contributed by atoms with Crippen LogP contribution in [0.2, 0.25) is 0 Å². The van der Waals surface area contributed by atoms with E-state index in [2.05, 4.69) is 24.3 Å². The Morgan fingerprint density at radius 1 is 0.769 bits per heavy atom. The Morgan fingerprint density at radius 3 is 1.54 bits per heavy atom. The van der Waals surface area contributed by atoms with Gasteiger partial charge in [-0.3, -0.25) is 0 Å². The summed E-state index contributed by atoms with van der Waals surface area (Å²) in [5.41, 5.74) is 3.16. The molecule has 0 saturated heterocycles. The minimum atomic E-state index is 0. The van der Waals surface area contributed by atoms with Crippen molar-refractivity contribution in [3.8, 4) is 0 Å². The first kappa shape index (κ1) is 14.9. The Morgan fingerprint density at radius 2 is 1.15 bits per heavy atom. The van der Waals surface area contributed by atoms with Gasteiger partial charge in [0.25, 0.3) is 0 Å². The molecule has 1 aliphatic carbocycles. The molecule has 0 bridgehead atoms. The van der Waals surface area contributed by atoms with E-state index in [1.54, 1.807) is 11.1 Å². The fourth-order valence-corrected chi connectivity index (χ4v) is 1.68. The zero-order chi connectivity index (χ0) is 6.81. The molecule has 0 unspecified atom stereocenters. The van der Waals surface area contributed by atoms with Crippen LogP contribution in [0.25, 0.3) is 0 Å². The zero-order valence-corrected chi connectivity index (χ0v) is 8.36. The summed E-state index contributed by atoms with van der Waals surface area (Å²) in [7, 11) is 0. The van der Waals surface area contributed by atoms with Crippen molar-refractivity contribution < 1.29 is 11.0 Å². The second-order valence-electron chi connectivity index (χ2n) is 2.98. The summed E-state index contributed by atoms with van der Waals surface area (Å²) in [6.07, 6.45) is 5.38. The monoisotopic (exact) mass is 204 g/mol.